The number of benzene rings is 2. The fourth-order valence-corrected chi connectivity index (χ4v) is 3.51. The predicted octanol–water partition coefficient (Wildman–Crippen LogP) is 4.21. The van der Waals surface area contributed by atoms with E-state index in [4.69, 9.17) is 4.74 Å². The molecule has 1 aromatic heterocycles. The standard InChI is InChI=1S/C22H23NO3S/c1-26-19-11-4-16(5-12-19)6-13-22(25)23-15-20(24)17-7-9-18(10-8-17)21-3-2-14-27-21/h2-5,7-12,14,20,24H,6,13,15H2,1H3,(H,23,25). The molecule has 3 aromatic rings. The summed E-state index contributed by atoms with van der Waals surface area (Å²) < 4.78 is 5.12. The van der Waals surface area contributed by atoms with Gasteiger partial charge < -0.3 is 15.2 Å². The van der Waals surface area contributed by atoms with Crippen molar-refractivity contribution in [1.29, 1.82) is 0 Å². The summed E-state index contributed by atoms with van der Waals surface area (Å²) in [5.41, 5.74) is 3.01. The first-order valence-corrected chi connectivity index (χ1v) is 9.75. The van der Waals surface area contributed by atoms with E-state index in [-0.39, 0.29) is 12.5 Å². The number of rotatable bonds is 8. The minimum absolute atomic E-state index is 0.0694. The lowest BCUT2D eigenvalue weighted by molar-refractivity contribution is -0.121. The lowest BCUT2D eigenvalue weighted by atomic mass is 10.1. The van der Waals surface area contributed by atoms with E-state index in [1.807, 2.05) is 60.0 Å². The summed E-state index contributed by atoms with van der Waals surface area (Å²) in [5, 5.41) is 15.2. The van der Waals surface area contributed by atoms with Crippen molar-refractivity contribution in [1.82, 2.24) is 5.32 Å². The molecular formula is C22H23NO3S. The first-order chi connectivity index (χ1) is 13.2. The molecule has 0 bridgehead atoms. The van der Waals surface area contributed by atoms with Crippen molar-refractivity contribution >= 4 is 17.2 Å². The van der Waals surface area contributed by atoms with Crippen LogP contribution in [-0.2, 0) is 11.2 Å². The number of hydrogen-bond acceptors (Lipinski definition) is 4. The molecule has 140 valence electrons. The molecule has 1 heterocycles. The van der Waals surface area contributed by atoms with E-state index in [0.29, 0.717) is 12.8 Å². The number of nitrogens with one attached hydrogen (secondary N) is 1. The molecule has 0 aliphatic heterocycles. The summed E-state index contributed by atoms with van der Waals surface area (Å²) >= 11 is 1.68. The van der Waals surface area contributed by atoms with Crippen molar-refractivity contribution in [2.75, 3.05) is 13.7 Å². The van der Waals surface area contributed by atoms with Gasteiger partial charge in [0.25, 0.3) is 0 Å². The molecule has 2 aromatic carbocycles. The third-order valence-electron chi connectivity index (χ3n) is 4.39. The van der Waals surface area contributed by atoms with Gasteiger partial charge in [-0.25, -0.2) is 0 Å². The van der Waals surface area contributed by atoms with Crippen LogP contribution >= 0.6 is 11.3 Å². The molecule has 0 radical (unpaired) electrons. The van der Waals surface area contributed by atoms with Crippen molar-refractivity contribution < 1.29 is 14.6 Å². The monoisotopic (exact) mass is 381 g/mol. The summed E-state index contributed by atoms with van der Waals surface area (Å²) in [6, 6.07) is 19.6. The van der Waals surface area contributed by atoms with Gasteiger partial charge in [-0.15, -0.1) is 11.3 Å². The van der Waals surface area contributed by atoms with Crippen molar-refractivity contribution in [3.63, 3.8) is 0 Å². The van der Waals surface area contributed by atoms with Gasteiger partial charge in [0, 0.05) is 17.8 Å². The second kappa shape index (κ2) is 9.35. The fourth-order valence-electron chi connectivity index (χ4n) is 2.78. The van der Waals surface area contributed by atoms with Gasteiger partial charge in [0.2, 0.25) is 5.91 Å². The highest BCUT2D eigenvalue weighted by atomic mass is 32.1. The van der Waals surface area contributed by atoms with E-state index in [1.165, 1.54) is 4.88 Å². The van der Waals surface area contributed by atoms with Crippen LogP contribution in [0.2, 0.25) is 0 Å². The zero-order valence-corrected chi connectivity index (χ0v) is 16.0. The number of ether oxygens (including phenoxy) is 1. The molecule has 0 aliphatic carbocycles. The van der Waals surface area contributed by atoms with E-state index in [0.717, 1.165) is 22.4 Å². The second-order valence-corrected chi connectivity index (χ2v) is 7.21. The number of carbonyl (C=O) groups excluding carboxylic acids is 1. The Bertz CT molecular complexity index is 842. The maximum Gasteiger partial charge on any atom is 0.220 e. The maximum atomic E-state index is 12.0. The van der Waals surface area contributed by atoms with Gasteiger partial charge in [-0.1, -0.05) is 42.5 Å². The fraction of sp³-hybridized carbons (Fsp3) is 0.227. The molecule has 1 amide bonds. The van der Waals surface area contributed by atoms with Gasteiger partial charge in [0.1, 0.15) is 5.75 Å². The lowest BCUT2D eigenvalue weighted by Gasteiger charge is -2.13. The molecular weight excluding hydrogens is 358 g/mol. The van der Waals surface area contributed by atoms with E-state index >= 15 is 0 Å². The van der Waals surface area contributed by atoms with Gasteiger partial charge in [0.15, 0.2) is 0 Å². The molecule has 0 spiro atoms. The number of carbonyl (C=O) groups is 1. The number of aryl methyl sites for hydroxylation is 1. The summed E-state index contributed by atoms with van der Waals surface area (Å²) in [5.74, 6) is 0.733. The molecule has 1 unspecified atom stereocenters. The van der Waals surface area contributed by atoms with E-state index < -0.39 is 6.10 Å². The third kappa shape index (κ3) is 5.42. The van der Waals surface area contributed by atoms with Crippen LogP contribution in [0.4, 0.5) is 0 Å². The van der Waals surface area contributed by atoms with Gasteiger partial charge in [-0.2, -0.15) is 0 Å². The smallest absolute Gasteiger partial charge is 0.220 e. The van der Waals surface area contributed by atoms with Crippen LogP contribution in [0.25, 0.3) is 10.4 Å². The van der Waals surface area contributed by atoms with Gasteiger partial charge in [-0.05, 0) is 46.7 Å². The molecule has 0 saturated heterocycles. The number of aliphatic hydroxyl groups is 1. The highest BCUT2D eigenvalue weighted by Crippen LogP contribution is 2.26. The minimum atomic E-state index is -0.715. The van der Waals surface area contributed by atoms with Crippen molar-refractivity contribution in [3.8, 4) is 16.2 Å². The van der Waals surface area contributed by atoms with Crippen LogP contribution in [0.5, 0.6) is 5.75 Å². The van der Waals surface area contributed by atoms with E-state index in [2.05, 4.69) is 11.4 Å². The van der Waals surface area contributed by atoms with Crippen LogP contribution in [-0.4, -0.2) is 24.7 Å². The van der Waals surface area contributed by atoms with Crippen LogP contribution in [0.1, 0.15) is 23.7 Å². The number of methoxy groups -OCH3 is 1. The maximum absolute atomic E-state index is 12.0. The largest absolute Gasteiger partial charge is 0.497 e. The average molecular weight is 381 g/mol. The SMILES string of the molecule is COc1ccc(CCC(=O)NCC(O)c2ccc(-c3cccs3)cc2)cc1. The van der Waals surface area contributed by atoms with Crippen molar-refractivity contribution in [3.05, 3.63) is 77.2 Å². The van der Waals surface area contributed by atoms with Crippen LogP contribution in [0, 0.1) is 0 Å². The zero-order chi connectivity index (χ0) is 19.1. The van der Waals surface area contributed by atoms with E-state index in [9.17, 15) is 9.90 Å². The minimum Gasteiger partial charge on any atom is -0.497 e. The molecule has 27 heavy (non-hydrogen) atoms. The summed E-state index contributed by atoms with van der Waals surface area (Å²) in [6.07, 6.45) is 0.324. The van der Waals surface area contributed by atoms with Gasteiger partial charge >= 0.3 is 0 Å². The summed E-state index contributed by atoms with van der Waals surface area (Å²) in [7, 11) is 1.63. The van der Waals surface area contributed by atoms with Crippen molar-refractivity contribution in [2.45, 2.75) is 18.9 Å². The normalized spacial score (nSPS) is 11.8. The zero-order valence-electron chi connectivity index (χ0n) is 15.2. The van der Waals surface area contributed by atoms with Crippen LogP contribution in [0.3, 0.4) is 0 Å². The molecule has 2 N–H and O–H groups in total. The molecule has 5 heteroatoms. The quantitative estimate of drug-likeness (QED) is 0.615. The Labute approximate surface area is 163 Å². The van der Waals surface area contributed by atoms with Gasteiger partial charge in [-0.3, -0.25) is 4.79 Å². The number of thiophene rings is 1. The molecule has 1 atom stereocenters. The second-order valence-electron chi connectivity index (χ2n) is 6.27. The lowest BCUT2D eigenvalue weighted by Crippen LogP contribution is -2.28. The van der Waals surface area contributed by atoms with Crippen LogP contribution < -0.4 is 10.1 Å². The topological polar surface area (TPSA) is 58.6 Å². The molecule has 0 aliphatic rings. The Balaban J connectivity index is 1.45. The Morgan fingerprint density at radius 1 is 1.11 bits per heavy atom. The Morgan fingerprint density at radius 2 is 1.85 bits per heavy atom. The number of amides is 1. The number of hydrogen-bond donors (Lipinski definition) is 2. The predicted molar refractivity (Wildman–Crippen MR) is 109 cm³/mol. The van der Waals surface area contributed by atoms with Crippen LogP contribution in [0.15, 0.2) is 66.0 Å². The highest BCUT2D eigenvalue weighted by Gasteiger charge is 2.10. The summed E-state index contributed by atoms with van der Waals surface area (Å²) in [4.78, 5) is 13.2. The Kier molecular flexibility index (Phi) is 6.63. The molecule has 0 fully saturated rings. The van der Waals surface area contributed by atoms with Gasteiger partial charge in [0.05, 0.1) is 13.2 Å². The molecule has 3 rings (SSSR count). The van der Waals surface area contributed by atoms with Crippen molar-refractivity contribution in [2.24, 2.45) is 0 Å². The average Bonchev–Trinajstić information content (AvgIpc) is 3.26. The Hall–Kier alpha value is -2.63. The first-order valence-electron chi connectivity index (χ1n) is 8.87. The molecule has 4 nitrogen and oxygen atoms in total. The first kappa shape index (κ1) is 19.1. The number of aliphatic hydroxyl groups excluding tert-OH is 1. The Morgan fingerprint density at radius 3 is 2.48 bits per heavy atom. The third-order valence-corrected chi connectivity index (χ3v) is 5.31. The van der Waals surface area contributed by atoms with E-state index in [1.54, 1.807) is 18.4 Å². The summed E-state index contributed by atoms with van der Waals surface area (Å²) in [6.45, 7) is 0.208. The molecule has 0 saturated carbocycles. The highest BCUT2D eigenvalue weighted by molar-refractivity contribution is 7.13.